The summed E-state index contributed by atoms with van der Waals surface area (Å²) in [6, 6.07) is 3.65. The molecule has 1 amide bonds. The molecular weight excluding hydrogens is 563 g/mol. The van der Waals surface area contributed by atoms with Gasteiger partial charge in [-0.05, 0) is 12.1 Å². The molecule has 4 saturated heterocycles. The number of benzene rings is 1. The number of amides is 1. The van der Waals surface area contributed by atoms with Crippen LogP contribution in [0.15, 0.2) is 34.5 Å². The van der Waals surface area contributed by atoms with Gasteiger partial charge in [-0.3, -0.25) is 4.79 Å². The first-order chi connectivity index (χ1) is 19.5. The fourth-order valence-corrected chi connectivity index (χ4v) is 5.30. The quantitative estimate of drug-likeness (QED) is 0.229. The molecule has 0 aromatic heterocycles. The van der Waals surface area contributed by atoms with Crippen molar-refractivity contribution in [2.75, 3.05) is 26.4 Å². The average molecular weight is 591 g/mol. The number of fused-ring (bicyclic) bond motifs is 4. The molecule has 0 saturated carbocycles. The minimum Gasteiger partial charge on any atom is -0.387 e. The summed E-state index contributed by atoms with van der Waals surface area (Å²) in [5, 5.41) is 50.3. The highest BCUT2D eigenvalue weighted by Gasteiger charge is 2.65. The zero-order valence-electron chi connectivity index (χ0n) is 21.2. The van der Waals surface area contributed by atoms with Gasteiger partial charge in [-0.2, -0.15) is 13.2 Å². The van der Waals surface area contributed by atoms with Crippen molar-refractivity contribution in [3.63, 3.8) is 0 Å². The van der Waals surface area contributed by atoms with Crippen LogP contribution in [0.5, 0.6) is 0 Å². The molecule has 14 nitrogen and oxygen atoms in total. The molecule has 5 aliphatic rings. The van der Waals surface area contributed by atoms with Crippen molar-refractivity contribution in [3.8, 4) is 0 Å². The van der Waals surface area contributed by atoms with Crippen LogP contribution in [-0.4, -0.2) is 126 Å². The number of halogens is 3. The third kappa shape index (κ3) is 5.24. The second-order valence-corrected chi connectivity index (χ2v) is 10.4. The van der Waals surface area contributed by atoms with Crippen molar-refractivity contribution < 1.29 is 66.8 Å². The second-order valence-electron chi connectivity index (χ2n) is 10.4. The number of carbonyl (C=O) groups is 1. The van der Waals surface area contributed by atoms with Crippen LogP contribution in [0.1, 0.15) is 15.9 Å². The van der Waals surface area contributed by atoms with Crippen LogP contribution in [-0.2, 0) is 34.1 Å². The van der Waals surface area contributed by atoms with E-state index in [4.69, 9.17) is 28.4 Å². The molecule has 0 radical (unpaired) electrons. The van der Waals surface area contributed by atoms with Crippen LogP contribution in [0.2, 0.25) is 0 Å². The summed E-state index contributed by atoms with van der Waals surface area (Å²) in [7, 11) is 0. The SMILES string of the molecule is O=C(NC(COC1C2COC(O2)C(O)C1O)COC1C2COC(O2)C(O)C1O)c1ccc(C2(C(F)(F)F)N=N2)cc1. The van der Waals surface area contributed by atoms with Crippen LogP contribution < -0.4 is 5.32 Å². The van der Waals surface area contributed by atoms with Crippen molar-refractivity contribution >= 4 is 5.91 Å². The first-order valence-electron chi connectivity index (χ1n) is 12.9. The molecule has 0 aliphatic carbocycles. The lowest BCUT2D eigenvalue weighted by molar-refractivity contribution is -0.245. The van der Waals surface area contributed by atoms with Gasteiger partial charge < -0.3 is 54.2 Å². The van der Waals surface area contributed by atoms with E-state index in [0.29, 0.717) is 0 Å². The van der Waals surface area contributed by atoms with Crippen molar-refractivity contribution in [1.82, 2.24) is 5.32 Å². The number of hydrogen-bond donors (Lipinski definition) is 5. The maximum absolute atomic E-state index is 13.3. The standard InChI is InChI=1S/C24H28F3N3O11/c25-24(26,27)23(29-30-23)10-3-1-9(2-4-10)20(35)28-11(5-36-18-12-7-38-21(40-12)16(33)14(18)31)6-37-19-13-8-39-22(41-13)17(34)15(19)32/h1-4,11-19,21-22,31-34H,5-8H2,(H,28,35). The van der Waals surface area contributed by atoms with Crippen LogP contribution in [0.4, 0.5) is 13.2 Å². The molecule has 41 heavy (non-hydrogen) atoms. The van der Waals surface area contributed by atoms with Gasteiger partial charge in [0.1, 0.15) is 48.8 Å². The maximum Gasteiger partial charge on any atom is 0.442 e. The van der Waals surface area contributed by atoms with Crippen LogP contribution in [0.3, 0.4) is 0 Å². The van der Waals surface area contributed by atoms with Gasteiger partial charge in [0.25, 0.3) is 5.91 Å². The summed E-state index contributed by atoms with van der Waals surface area (Å²) < 4.78 is 73.1. The molecule has 10 unspecified atom stereocenters. The Kier molecular flexibility index (Phi) is 7.55. The number of carbonyl (C=O) groups excluding carboxylic acids is 1. The third-order valence-corrected chi connectivity index (χ3v) is 7.69. The Labute approximate surface area is 229 Å². The molecule has 0 spiro atoms. The van der Waals surface area contributed by atoms with Gasteiger partial charge in [-0.1, -0.05) is 12.1 Å². The number of aliphatic hydroxyl groups excluding tert-OH is 4. The lowest BCUT2D eigenvalue weighted by Gasteiger charge is -2.37. The molecular formula is C24H28F3N3O11. The predicted molar refractivity (Wildman–Crippen MR) is 123 cm³/mol. The molecule has 1 aromatic rings. The molecule has 5 aliphatic heterocycles. The van der Waals surface area contributed by atoms with Crippen molar-refractivity contribution in [3.05, 3.63) is 35.4 Å². The Balaban J connectivity index is 1.14. The van der Waals surface area contributed by atoms with Gasteiger partial charge in [0.15, 0.2) is 12.6 Å². The van der Waals surface area contributed by atoms with Gasteiger partial charge in [0.05, 0.1) is 32.5 Å². The first kappa shape index (κ1) is 28.8. The molecule has 4 fully saturated rings. The summed E-state index contributed by atoms with van der Waals surface area (Å²) in [5.41, 5.74) is -2.85. The lowest BCUT2D eigenvalue weighted by Crippen LogP contribution is -2.57. The molecule has 10 atom stereocenters. The number of hydrogen-bond acceptors (Lipinski definition) is 13. The second kappa shape index (κ2) is 10.7. The van der Waals surface area contributed by atoms with Crippen molar-refractivity contribution in [2.24, 2.45) is 10.2 Å². The molecule has 226 valence electrons. The number of alkyl halides is 3. The largest absolute Gasteiger partial charge is 0.442 e. The van der Waals surface area contributed by atoms with Crippen molar-refractivity contribution in [2.45, 2.75) is 79.3 Å². The summed E-state index contributed by atoms with van der Waals surface area (Å²) in [6.07, 6.45) is -15.5. The van der Waals surface area contributed by atoms with E-state index in [2.05, 4.69) is 15.5 Å². The highest BCUT2D eigenvalue weighted by Crippen LogP contribution is 2.52. The summed E-state index contributed by atoms with van der Waals surface area (Å²) in [5.74, 6) is -0.686. The smallest absolute Gasteiger partial charge is 0.387 e. The summed E-state index contributed by atoms with van der Waals surface area (Å²) >= 11 is 0. The fraction of sp³-hybridized carbons (Fsp3) is 0.708. The van der Waals surface area contributed by atoms with E-state index in [0.717, 1.165) is 12.1 Å². The minimum atomic E-state index is -4.72. The molecule has 5 heterocycles. The van der Waals surface area contributed by atoms with Gasteiger partial charge >= 0.3 is 11.8 Å². The van der Waals surface area contributed by atoms with E-state index >= 15 is 0 Å². The highest BCUT2D eigenvalue weighted by molar-refractivity contribution is 5.94. The van der Waals surface area contributed by atoms with Crippen LogP contribution >= 0.6 is 0 Å². The number of rotatable bonds is 9. The highest BCUT2D eigenvalue weighted by atomic mass is 19.4. The Bertz CT molecular complexity index is 1110. The number of nitrogens with one attached hydrogen (secondary N) is 1. The molecule has 1 aromatic carbocycles. The number of aliphatic hydroxyl groups is 4. The third-order valence-electron chi connectivity index (χ3n) is 7.69. The predicted octanol–water partition coefficient (Wildman–Crippen LogP) is -1.31. The molecule has 17 heteroatoms. The van der Waals surface area contributed by atoms with Crippen LogP contribution in [0.25, 0.3) is 0 Å². The van der Waals surface area contributed by atoms with Gasteiger partial charge in [-0.15, -0.1) is 10.2 Å². The number of ether oxygens (including phenoxy) is 6. The van der Waals surface area contributed by atoms with Gasteiger partial charge in [-0.25, -0.2) is 0 Å². The first-order valence-corrected chi connectivity index (χ1v) is 12.9. The Morgan fingerprint density at radius 1 is 0.902 bits per heavy atom. The number of nitrogens with zero attached hydrogens (tertiary/aromatic N) is 2. The molecule has 5 N–H and O–H groups in total. The minimum absolute atomic E-state index is 0.0173. The van der Waals surface area contributed by atoms with Gasteiger partial charge in [0, 0.05) is 11.1 Å². The maximum atomic E-state index is 13.3. The zero-order valence-corrected chi connectivity index (χ0v) is 21.2. The topological polar surface area (TPSA) is 190 Å². The van der Waals surface area contributed by atoms with E-state index in [1.54, 1.807) is 0 Å². The fourth-order valence-electron chi connectivity index (χ4n) is 5.30. The van der Waals surface area contributed by atoms with E-state index in [9.17, 15) is 38.4 Å². The normalized spacial score (nSPS) is 39.5. The monoisotopic (exact) mass is 591 g/mol. The van der Waals surface area contributed by atoms with E-state index < -0.39 is 85.2 Å². The van der Waals surface area contributed by atoms with Crippen LogP contribution in [0, 0.1) is 0 Å². The Hall–Kier alpha value is -2.32. The van der Waals surface area contributed by atoms with E-state index in [-0.39, 0.29) is 37.6 Å². The Morgan fingerprint density at radius 2 is 1.39 bits per heavy atom. The Morgan fingerprint density at radius 3 is 1.83 bits per heavy atom. The van der Waals surface area contributed by atoms with Gasteiger partial charge in [0.2, 0.25) is 0 Å². The van der Waals surface area contributed by atoms with E-state index in [1.807, 2.05) is 0 Å². The average Bonchev–Trinajstić information content (AvgIpc) is 3.47. The summed E-state index contributed by atoms with van der Waals surface area (Å²) in [4.78, 5) is 13.1. The molecule has 4 bridgehead atoms. The molecule has 6 rings (SSSR count). The summed E-state index contributed by atoms with van der Waals surface area (Å²) in [6.45, 7) is -0.414. The van der Waals surface area contributed by atoms with E-state index in [1.165, 1.54) is 12.1 Å². The lowest BCUT2D eigenvalue weighted by atomic mass is 10.0. The zero-order chi connectivity index (χ0) is 29.1. The van der Waals surface area contributed by atoms with Crippen molar-refractivity contribution in [1.29, 1.82) is 0 Å².